The second-order valence-corrected chi connectivity index (χ2v) is 11.1. The van der Waals surface area contributed by atoms with Gasteiger partial charge < -0.3 is 5.11 Å². The fourth-order valence-corrected chi connectivity index (χ4v) is 4.94. The van der Waals surface area contributed by atoms with Crippen molar-refractivity contribution in [1.82, 2.24) is 14.8 Å². The van der Waals surface area contributed by atoms with E-state index in [9.17, 15) is 19.5 Å². The van der Waals surface area contributed by atoms with E-state index in [1.165, 1.54) is 6.07 Å². The molecule has 3 aromatic carbocycles. The standard InChI is InChI=1S/C30H31N3O4S/c1-16(2)25(34)22-15-14-21(24(27(22)36)26(35)17(3)4)28-31-32-30(38-29(37)18(5)6)33(28)23-13-9-11-19-10-7-8-12-20(19)23/h7-18,36H,1-6H3. The molecule has 0 fully saturated rings. The van der Waals surface area contributed by atoms with Crippen LogP contribution in [-0.4, -0.2) is 36.6 Å². The molecule has 0 spiro atoms. The summed E-state index contributed by atoms with van der Waals surface area (Å²) >= 11 is 0.983. The quantitative estimate of drug-likeness (QED) is 0.199. The molecule has 0 aliphatic rings. The molecule has 0 radical (unpaired) electrons. The highest BCUT2D eigenvalue weighted by molar-refractivity contribution is 8.13. The first-order valence-corrected chi connectivity index (χ1v) is 13.4. The fraction of sp³-hybridized carbons (Fsp3) is 0.300. The first-order valence-electron chi connectivity index (χ1n) is 12.6. The van der Waals surface area contributed by atoms with Gasteiger partial charge in [0, 0.05) is 28.7 Å². The lowest BCUT2D eigenvalue weighted by Gasteiger charge is -2.18. The van der Waals surface area contributed by atoms with Crippen LogP contribution in [0.3, 0.4) is 0 Å². The van der Waals surface area contributed by atoms with Crippen LogP contribution in [0.5, 0.6) is 5.75 Å². The van der Waals surface area contributed by atoms with Crippen LogP contribution in [0.15, 0.2) is 59.8 Å². The number of rotatable bonds is 8. The summed E-state index contributed by atoms with van der Waals surface area (Å²) in [7, 11) is 0. The molecule has 0 aliphatic carbocycles. The number of benzene rings is 3. The van der Waals surface area contributed by atoms with E-state index in [-0.39, 0.29) is 45.4 Å². The van der Waals surface area contributed by atoms with Crippen molar-refractivity contribution in [3.05, 3.63) is 65.7 Å². The van der Waals surface area contributed by atoms with Gasteiger partial charge in [-0.25, -0.2) is 0 Å². The van der Waals surface area contributed by atoms with Crippen molar-refractivity contribution in [2.75, 3.05) is 0 Å². The number of phenols is 1. The Morgan fingerprint density at radius 3 is 2.11 bits per heavy atom. The normalized spacial score (nSPS) is 11.6. The van der Waals surface area contributed by atoms with Gasteiger partial charge in [0.2, 0.25) is 5.16 Å². The Morgan fingerprint density at radius 1 is 0.789 bits per heavy atom. The van der Waals surface area contributed by atoms with E-state index in [2.05, 4.69) is 10.2 Å². The molecule has 8 heteroatoms. The van der Waals surface area contributed by atoms with E-state index in [0.717, 1.165) is 28.2 Å². The maximum absolute atomic E-state index is 13.5. The van der Waals surface area contributed by atoms with Gasteiger partial charge in [0.05, 0.1) is 16.8 Å². The average Bonchev–Trinajstić information content (AvgIpc) is 3.29. The third-order valence-corrected chi connectivity index (χ3v) is 7.40. The number of hydrogen-bond acceptors (Lipinski definition) is 7. The molecule has 4 rings (SSSR count). The van der Waals surface area contributed by atoms with Gasteiger partial charge in [-0.15, -0.1) is 10.2 Å². The molecule has 0 saturated carbocycles. The highest BCUT2D eigenvalue weighted by Gasteiger charge is 2.30. The SMILES string of the molecule is CC(C)C(=O)Sc1nnc(-c2ccc(C(=O)C(C)C)c(O)c2C(=O)C(C)C)n1-c1cccc2ccccc12. The number of thioether (sulfide) groups is 1. The first-order chi connectivity index (χ1) is 18.0. The van der Waals surface area contributed by atoms with Gasteiger partial charge in [0.15, 0.2) is 22.5 Å². The van der Waals surface area contributed by atoms with Crippen LogP contribution in [0, 0.1) is 17.8 Å². The number of ketones is 2. The minimum atomic E-state index is -0.450. The van der Waals surface area contributed by atoms with Gasteiger partial charge in [-0.2, -0.15) is 0 Å². The van der Waals surface area contributed by atoms with Crippen molar-refractivity contribution in [1.29, 1.82) is 0 Å². The third-order valence-electron chi connectivity index (χ3n) is 6.28. The average molecular weight is 530 g/mol. The maximum atomic E-state index is 13.5. The minimum absolute atomic E-state index is 0.0205. The van der Waals surface area contributed by atoms with Crippen molar-refractivity contribution < 1.29 is 19.5 Å². The lowest BCUT2D eigenvalue weighted by atomic mass is 9.90. The number of phenolic OH excluding ortho intramolecular Hbond substituents is 1. The zero-order valence-electron chi connectivity index (χ0n) is 22.4. The number of nitrogens with zero attached hydrogens (tertiary/aromatic N) is 3. The second-order valence-electron chi connectivity index (χ2n) is 10.1. The summed E-state index contributed by atoms with van der Waals surface area (Å²) in [5, 5.41) is 22.2. The Kier molecular flexibility index (Phi) is 7.83. The molecular weight excluding hydrogens is 498 g/mol. The molecule has 1 aromatic heterocycles. The molecule has 196 valence electrons. The molecule has 7 nitrogen and oxygen atoms in total. The smallest absolute Gasteiger partial charge is 0.203 e. The van der Waals surface area contributed by atoms with Gasteiger partial charge in [-0.3, -0.25) is 19.0 Å². The molecular formula is C30H31N3O4S. The lowest BCUT2D eigenvalue weighted by Crippen LogP contribution is -2.15. The van der Waals surface area contributed by atoms with Gasteiger partial charge in [-0.05, 0) is 35.3 Å². The van der Waals surface area contributed by atoms with Crippen molar-refractivity contribution in [3.63, 3.8) is 0 Å². The number of hydrogen-bond donors (Lipinski definition) is 1. The third kappa shape index (κ3) is 5.00. The minimum Gasteiger partial charge on any atom is -0.506 e. The molecule has 38 heavy (non-hydrogen) atoms. The summed E-state index contributed by atoms with van der Waals surface area (Å²) < 4.78 is 1.75. The predicted octanol–water partition coefficient (Wildman–Crippen LogP) is 6.75. The summed E-state index contributed by atoms with van der Waals surface area (Å²) in [6.07, 6.45) is 0. The van der Waals surface area contributed by atoms with Crippen molar-refractivity contribution in [2.45, 2.75) is 46.7 Å². The number of aromatic nitrogens is 3. The molecule has 1 heterocycles. The molecule has 0 unspecified atom stereocenters. The summed E-state index contributed by atoms with van der Waals surface area (Å²) in [6.45, 7) is 10.6. The number of Topliss-reactive ketones (excluding diaryl/α,β-unsaturated/α-hetero) is 2. The van der Waals surface area contributed by atoms with E-state index in [4.69, 9.17) is 0 Å². The van der Waals surface area contributed by atoms with Gasteiger partial charge in [0.25, 0.3) is 0 Å². The van der Waals surface area contributed by atoms with Crippen LogP contribution in [0.25, 0.3) is 27.8 Å². The largest absolute Gasteiger partial charge is 0.506 e. The van der Waals surface area contributed by atoms with E-state index in [1.54, 1.807) is 38.3 Å². The van der Waals surface area contributed by atoms with Gasteiger partial charge in [-0.1, -0.05) is 77.9 Å². The van der Waals surface area contributed by atoms with Crippen LogP contribution < -0.4 is 0 Å². The highest BCUT2D eigenvalue weighted by atomic mass is 32.2. The summed E-state index contributed by atoms with van der Waals surface area (Å²) in [5.41, 5.74) is 1.18. The van der Waals surface area contributed by atoms with Crippen LogP contribution in [0.1, 0.15) is 62.3 Å². The number of carbonyl (C=O) groups is 3. The number of aromatic hydroxyl groups is 1. The predicted molar refractivity (Wildman–Crippen MR) is 150 cm³/mol. The summed E-state index contributed by atoms with van der Waals surface area (Å²) in [4.78, 5) is 39.0. The fourth-order valence-electron chi connectivity index (χ4n) is 4.16. The maximum Gasteiger partial charge on any atom is 0.203 e. The Labute approximate surface area is 226 Å². The summed E-state index contributed by atoms with van der Waals surface area (Å²) in [5.74, 6) is -1.70. The second kappa shape index (κ2) is 10.9. The topological polar surface area (TPSA) is 102 Å². The molecule has 1 N–H and O–H groups in total. The molecule has 0 aliphatic heterocycles. The Hall–Kier alpha value is -3.78. The Balaban J connectivity index is 2.06. The highest BCUT2D eigenvalue weighted by Crippen LogP contribution is 2.39. The van der Waals surface area contributed by atoms with Gasteiger partial charge >= 0.3 is 0 Å². The van der Waals surface area contributed by atoms with E-state index < -0.39 is 5.92 Å². The zero-order chi connectivity index (χ0) is 27.7. The Bertz CT molecular complexity index is 1550. The number of fused-ring (bicyclic) bond motifs is 1. The monoisotopic (exact) mass is 529 g/mol. The van der Waals surface area contributed by atoms with E-state index in [1.807, 2.05) is 56.3 Å². The lowest BCUT2D eigenvalue weighted by molar-refractivity contribution is -0.113. The molecule has 0 saturated heterocycles. The van der Waals surface area contributed by atoms with Crippen LogP contribution >= 0.6 is 11.8 Å². The van der Waals surface area contributed by atoms with Crippen molar-refractivity contribution >= 4 is 39.2 Å². The Morgan fingerprint density at radius 2 is 1.45 bits per heavy atom. The molecule has 0 atom stereocenters. The number of carbonyl (C=O) groups excluding carboxylic acids is 3. The zero-order valence-corrected chi connectivity index (χ0v) is 23.2. The molecule has 0 bridgehead atoms. The van der Waals surface area contributed by atoms with Crippen LogP contribution in [0.4, 0.5) is 0 Å². The first kappa shape index (κ1) is 27.3. The van der Waals surface area contributed by atoms with Crippen molar-refractivity contribution in [2.24, 2.45) is 17.8 Å². The van der Waals surface area contributed by atoms with Crippen LogP contribution in [-0.2, 0) is 4.79 Å². The van der Waals surface area contributed by atoms with E-state index >= 15 is 0 Å². The molecule has 4 aromatic rings. The van der Waals surface area contributed by atoms with Crippen LogP contribution in [0.2, 0.25) is 0 Å². The van der Waals surface area contributed by atoms with E-state index in [0.29, 0.717) is 16.5 Å². The summed E-state index contributed by atoms with van der Waals surface area (Å²) in [6, 6.07) is 16.8. The van der Waals surface area contributed by atoms with Crippen molar-refractivity contribution in [3.8, 4) is 22.8 Å². The van der Waals surface area contributed by atoms with Gasteiger partial charge in [0.1, 0.15) is 5.75 Å². The molecule has 0 amide bonds.